The molecule has 0 aromatic heterocycles. The van der Waals surface area contributed by atoms with Crippen molar-refractivity contribution in [2.24, 2.45) is 0 Å². The Balaban J connectivity index is 3.11. The zero-order valence-corrected chi connectivity index (χ0v) is 10.1. The number of hydrogen-bond donors (Lipinski definition) is 1. The van der Waals surface area contributed by atoms with Gasteiger partial charge in [-0.15, -0.1) is 0 Å². The second kappa shape index (κ2) is 5.22. The molecular formula is C10H15BrNO2+. The van der Waals surface area contributed by atoms with Gasteiger partial charge < -0.3 is 15.2 Å². The number of rotatable bonds is 4. The molecule has 0 saturated heterocycles. The van der Waals surface area contributed by atoms with E-state index in [-0.39, 0.29) is 0 Å². The fraction of sp³-hybridized carbons (Fsp3) is 0.400. The molecule has 0 bridgehead atoms. The van der Waals surface area contributed by atoms with Crippen LogP contribution < -0.4 is 15.2 Å². The van der Waals surface area contributed by atoms with Gasteiger partial charge in [0.15, 0.2) is 11.5 Å². The molecular weight excluding hydrogens is 246 g/mol. The highest BCUT2D eigenvalue weighted by molar-refractivity contribution is 9.10. The predicted octanol–water partition coefficient (Wildman–Crippen LogP) is 1.60. The minimum atomic E-state index is 0.634. The smallest absolute Gasteiger partial charge is 0.161 e. The lowest BCUT2D eigenvalue weighted by molar-refractivity contribution is -0.386. The number of benzene rings is 1. The molecule has 0 heterocycles. The van der Waals surface area contributed by atoms with Gasteiger partial charge >= 0.3 is 0 Å². The van der Waals surface area contributed by atoms with E-state index in [1.54, 1.807) is 7.11 Å². The molecule has 0 spiro atoms. The van der Waals surface area contributed by atoms with Gasteiger partial charge in [-0.05, 0) is 19.1 Å². The first-order chi connectivity index (χ1) is 6.72. The minimum Gasteiger partial charge on any atom is -0.493 e. The lowest BCUT2D eigenvalue weighted by Crippen LogP contribution is -2.47. The molecule has 0 fully saturated rings. The topological polar surface area (TPSA) is 46.1 Å². The van der Waals surface area contributed by atoms with E-state index in [0.29, 0.717) is 6.61 Å². The van der Waals surface area contributed by atoms with Gasteiger partial charge in [-0.2, -0.15) is 0 Å². The standard InChI is InChI=1S/C10H14BrNO2/c1-3-14-10-4-7(6-12)8(11)5-9(10)13-2/h4-5H,3,6,12H2,1-2H3/p+1. The summed E-state index contributed by atoms with van der Waals surface area (Å²) in [4.78, 5) is 0. The second-order valence-corrected chi connectivity index (χ2v) is 3.63. The second-order valence-electron chi connectivity index (χ2n) is 2.78. The van der Waals surface area contributed by atoms with Crippen LogP contribution in [0.5, 0.6) is 11.5 Å². The highest BCUT2D eigenvalue weighted by Gasteiger charge is 2.09. The van der Waals surface area contributed by atoms with Crippen molar-refractivity contribution < 1.29 is 15.2 Å². The normalized spacial score (nSPS) is 10.0. The van der Waals surface area contributed by atoms with E-state index >= 15 is 0 Å². The van der Waals surface area contributed by atoms with E-state index in [9.17, 15) is 0 Å². The predicted molar refractivity (Wildman–Crippen MR) is 58.5 cm³/mol. The Morgan fingerprint density at radius 1 is 1.36 bits per heavy atom. The van der Waals surface area contributed by atoms with E-state index < -0.39 is 0 Å². The fourth-order valence-corrected chi connectivity index (χ4v) is 1.72. The summed E-state index contributed by atoms with van der Waals surface area (Å²) in [7, 11) is 1.63. The van der Waals surface area contributed by atoms with Crippen molar-refractivity contribution in [2.75, 3.05) is 13.7 Å². The maximum absolute atomic E-state index is 5.45. The van der Waals surface area contributed by atoms with Gasteiger partial charge in [0.25, 0.3) is 0 Å². The van der Waals surface area contributed by atoms with Crippen molar-refractivity contribution in [2.45, 2.75) is 13.5 Å². The zero-order chi connectivity index (χ0) is 10.6. The van der Waals surface area contributed by atoms with Crippen molar-refractivity contribution >= 4 is 15.9 Å². The molecule has 0 aliphatic rings. The molecule has 0 saturated carbocycles. The summed E-state index contributed by atoms with van der Waals surface area (Å²) in [6.45, 7) is 3.31. The van der Waals surface area contributed by atoms with Crippen molar-refractivity contribution in [3.05, 3.63) is 22.2 Å². The number of quaternary nitrogens is 1. The molecule has 0 atom stereocenters. The largest absolute Gasteiger partial charge is 0.493 e. The average molecular weight is 261 g/mol. The van der Waals surface area contributed by atoms with Gasteiger partial charge in [0.2, 0.25) is 0 Å². The molecule has 14 heavy (non-hydrogen) atoms. The van der Waals surface area contributed by atoms with Gasteiger partial charge in [-0.3, -0.25) is 0 Å². The Morgan fingerprint density at radius 2 is 2.07 bits per heavy atom. The molecule has 0 amide bonds. The van der Waals surface area contributed by atoms with Gasteiger partial charge in [0.1, 0.15) is 6.54 Å². The Morgan fingerprint density at radius 3 is 2.57 bits per heavy atom. The highest BCUT2D eigenvalue weighted by Crippen LogP contribution is 2.33. The highest BCUT2D eigenvalue weighted by atomic mass is 79.9. The van der Waals surface area contributed by atoms with E-state index in [1.165, 1.54) is 0 Å². The van der Waals surface area contributed by atoms with Crippen molar-refractivity contribution in [1.82, 2.24) is 0 Å². The number of halogens is 1. The monoisotopic (exact) mass is 260 g/mol. The van der Waals surface area contributed by atoms with Crippen LogP contribution in [0.3, 0.4) is 0 Å². The van der Waals surface area contributed by atoms with Crippen LogP contribution in [0.1, 0.15) is 12.5 Å². The first-order valence-electron chi connectivity index (χ1n) is 4.51. The van der Waals surface area contributed by atoms with Crippen LogP contribution in [-0.2, 0) is 6.54 Å². The van der Waals surface area contributed by atoms with Gasteiger partial charge in [-0.1, -0.05) is 15.9 Å². The van der Waals surface area contributed by atoms with Crippen molar-refractivity contribution in [3.63, 3.8) is 0 Å². The molecule has 0 unspecified atom stereocenters. The first-order valence-corrected chi connectivity index (χ1v) is 5.30. The van der Waals surface area contributed by atoms with Gasteiger partial charge in [0.05, 0.1) is 13.7 Å². The quantitative estimate of drug-likeness (QED) is 0.894. The minimum absolute atomic E-state index is 0.634. The van der Waals surface area contributed by atoms with Crippen molar-refractivity contribution in [1.29, 1.82) is 0 Å². The Labute approximate surface area is 92.3 Å². The Kier molecular flexibility index (Phi) is 4.22. The summed E-state index contributed by atoms with van der Waals surface area (Å²) >= 11 is 3.46. The average Bonchev–Trinajstić information content (AvgIpc) is 2.20. The van der Waals surface area contributed by atoms with Crippen LogP contribution in [0.25, 0.3) is 0 Å². The van der Waals surface area contributed by atoms with Crippen LogP contribution in [0, 0.1) is 0 Å². The molecule has 3 nitrogen and oxygen atoms in total. The summed E-state index contributed by atoms with van der Waals surface area (Å²) in [6, 6.07) is 3.87. The molecule has 78 valence electrons. The third-order valence-corrected chi connectivity index (χ3v) is 2.64. The lowest BCUT2D eigenvalue weighted by atomic mass is 10.2. The molecule has 0 aliphatic heterocycles. The summed E-state index contributed by atoms with van der Waals surface area (Å²) in [5.41, 5.74) is 4.97. The first kappa shape index (κ1) is 11.3. The van der Waals surface area contributed by atoms with Crippen molar-refractivity contribution in [3.8, 4) is 11.5 Å². The van der Waals surface area contributed by atoms with Crippen LogP contribution in [0.4, 0.5) is 0 Å². The zero-order valence-electron chi connectivity index (χ0n) is 8.47. The molecule has 1 aromatic rings. The van der Waals surface area contributed by atoms with Crippen LogP contribution in [0.15, 0.2) is 16.6 Å². The number of methoxy groups -OCH3 is 1. The molecule has 1 rings (SSSR count). The van der Waals surface area contributed by atoms with E-state index in [4.69, 9.17) is 9.47 Å². The molecule has 0 radical (unpaired) electrons. The third kappa shape index (κ3) is 2.39. The summed E-state index contributed by atoms with van der Waals surface area (Å²) in [6.07, 6.45) is 0. The van der Waals surface area contributed by atoms with Gasteiger partial charge in [0, 0.05) is 10.0 Å². The number of hydrogen-bond acceptors (Lipinski definition) is 2. The van der Waals surface area contributed by atoms with E-state index in [1.807, 2.05) is 19.1 Å². The fourth-order valence-electron chi connectivity index (χ4n) is 1.20. The van der Waals surface area contributed by atoms with E-state index in [2.05, 4.69) is 21.7 Å². The summed E-state index contributed by atoms with van der Waals surface area (Å²) in [5.74, 6) is 1.52. The maximum atomic E-state index is 5.45. The summed E-state index contributed by atoms with van der Waals surface area (Å²) in [5, 5.41) is 0. The van der Waals surface area contributed by atoms with Gasteiger partial charge in [-0.25, -0.2) is 0 Å². The number of ether oxygens (including phenoxy) is 2. The molecule has 0 aliphatic carbocycles. The Bertz CT molecular complexity index is 315. The SMILES string of the molecule is CCOc1cc(C[NH3+])c(Br)cc1OC. The Hall–Kier alpha value is -0.740. The maximum Gasteiger partial charge on any atom is 0.161 e. The van der Waals surface area contributed by atoms with E-state index in [0.717, 1.165) is 28.1 Å². The molecule has 1 aromatic carbocycles. The summed E-state index contributed by atoms with van der Waals surface area (Å²) < 4.78 is 11.7. The van der Waals surface area contributed by atoms with Crippen LogP contribution >= 0.6 is 15.9 Å². The third-order valence-electron chi connectivity index (χ3n) is 1.90. The molecule has 3 N–H and O–H groups in total. The van der Waals surface area contributed by atoms with Crippen LogP contribution in [0.2, 0.25) is 0 Å². The van der Waals surface area contributed by atoms with Crippen LogP contribution in [-0.4, -0.2) is 13.7 Å². The molecule has 4 heteroatoms. The lowest BCUT2D eigenvalue weighted by Gasteiger charge is -2.11.